The number of halogens is 1. The maximum atomic E-state index is 13.2. The predicted octanol–water partition coefficient (Wildman–Crippen LogP) is 3.75. The van der Waals surface area contributed by atoms with Gasteiger partial charge in [-0.1, -0.05) is 30.3 Å². The maximum absolute atomic E-state index is 13.2. The first-order chi connectivity index (χ1) is 13.4. The van der Waals surface area contributed by atoms with E-state index in [1.165, 1.54) is 12.1 Å². The van der Waals surface area contributed by atoms with Crippen molar-refractivity contribution in [2.24, 2.45) is 5.41 Å². The summed E-state index contributed by atoms with van der Waals surface area (Å²) < 4.78 is 23.5. The lowest BCUT2D eigenvalue weighted by Crippen LogP contribution is -2.45. The van der Waals surface area contributed by atoms with Crippen molar-refractivity contribution in [1.29, 1.82) is 0 Å². The van der Waals surface area contributed by atoms with Crippen molar-refractivity contribution in [3.05, 3.63) is 71.5 Å². The molecule has 0 aliphatic heterocycles. The fourth-order valence-electron chi connectivity index (χ4n) is 2.93. The van der Waals surface area contributed by atoms with Gasteiger partial charge in [-0.15, -0.1) is 0 Å². The van der Waals surface area contributed by atoms with Gasteiger partial charge in [-0.3, -0.25) is 14.4 Å². The van der Waals surface area contributed by atoms with Crippen molar-refractivity contribution in [2.45, 2.75) is 26.7 Å². The molecule has 0 amide bonds. The molecule has 0 spiro atoms. The molecular formula is C22H23FO5. The predicted molar refractivity (Wildman–Crippen MR) is 101 cm³/mol. The molecule has 2 aromatic carbocycles. The van der Waals surface area contributed by atoms with E-state index in [1.54, 1.807) is 38.1 Å². The first-order valence-corrected chi connectivity index (χ1v) is 9.10. The molecule has 0 radical (unpaired) electrons. The van der Waals surface area contributed by atoms with E-state index in [0.717, 1.165) is 12.1 Å². The van der Waals surface area contributed by atoms with Gasteiger partial charge in [0.25, 0.3) is 0 Å². The molecule has 5 nitrogen and oxygen atoms in total. The van der Waals surface area contributed by atoms with Crippen molar-refractivity contribution in [3.8, 4) is 0 Å². The minimum absolute atomic E-state index is 0.0432. The molecule has 0 N–H and O–H groups in total. The first-order valence-electron chi connectivity index (χ1n) is 9.10. The Labute approximate surface area is 163 Å². The highest BCUT2D eigenvalue weighted by Crippen LogP contribution is 2.33. The second-order valence-electron chi connectivity index (χ2n) is 6.29. The van der Waals surface area contributed by atoms with Crippen molar-refractivity contribution in [2.75, 3.05) is 13.2 Å². The van der Waals surface area contributed by atoms with E-state index < -0.39 is 35.4 Å². The molecule has 0 saturated carbocycles. The normalized spacial score (nSPS) is 11.0. The highest BCUT2D eigenvalue weighted by atomic mass is 19.1. The summed E-state index contributed by atoms with van der Waals surface area (Å²) in [5, 5.41) is 0. The molecule has 0 saturated heterocycles. The van der Waals surface area contributed by atoms with Crippen LogP contribution in [0.2, 0.25) is 0 Å². The van der Waals surface area contributed by atoms with Crippen LogP contribution in [0.1, 0.15) is 36.2 Å². The van der Waals surface area contributed by atoms with Gasteiger partial charge in [-0.2, -0.15) is 0 Å². The molecular weight excluding hydrogens is 363 g/mol. The monoisotopic (exact) mass is 386 g/mol. The molecule has 0 unspecified atom stereocenters. The summed E-state index contributed by atoms with van der Waals surface area (Å²) >= 11 is 0. The van der Waals surface area contributed by atoms with E-state index in [9.17, 15) is 18.8 Å². The van der Waals surface area contributed by atoms with Gasteiger partial charge in [-0.05, 0) is 50.1 Å². The van der Waals surface area contributed by atoms with Crippen LogP contribution in [0.25, 0.3) is 0 Å². The molecule has 148 valence electrons. The number of esters is 2. The van der Waals surface area contributed by atoms with Crippen LogP contribution in [0.4, 0.5) is 4.39 Å². The zero-order chi connectivity index (χ0) is 20.6. The summed E-state index contributed by atoms with van der Waals surface area (Å²) in [6.45, 7) is 3.36. The summed E-state index contributed by atoms with van der Waals surface area (Å²) in [6, 6.07) is 13.8. The zero-order valence-corrected chi connectivity index (χ0v) is 15.9. The minimum atomic E-state index is -1.82. The fourth-order valence-corrected chi connectivity index (χ4v) is 2.93. The third-order valence-electron chi connectivity index (χ3n) is 4.31. The Morgan fingerprint density at radius 1 is 0.857 bits per heavy atom. The highest BCUT2D eigenvalue weighted by Gasteiger charge is 2.50. The fraction of sp³-hybridized carbons (Fsp3) is 0.318. The number of benzene rings is 2. The second-order valence-corrected chi connectivity index (χ2v) is 6.29. The Hall–Kier alpha value is -3.02. The molecule has 0 aliphatic carbocycles. The molecule has 0 atom stereocenters. The quantitative estimate of drug-likeness (QED) is 0.373. The molecule has 2 aromatic rings. The van der Waals surface area contributed by atoms with Crippen LogP contribution in [0.3, 0.4) is 0 Å². The summed E-state index contributed by atoms with van der Waals surface area (Å²) in [6.07, 6.45) is -0.483. The number of hydrogen-bond acceptors (Lipinski definition) is 5. The number of Topliss-reactive ketones (excluding diaryl/α,β-unsaturated/α-hetero) is 1. The largest absolute Gasteiger partial charge is 0.465 e. The lowest BCUT2D eigenvalue weighted by atomic mass is 9.76. The van der Waals surface area contributed by atoms with E-state index in [-0.39, 0.29) is 25.2 Å². The molecule has 0 bridgehead atoms. The van der Waals surface area contributed by atoms with Gasteiger partial charge in [-0.25, -0.2) is 4.39 Å². The number of ketones is 1. The molecule has 2 rings (SSSR count). The number of hydrogen-bond donors (Lipinski definition) is 0. The van der Waals surface area contributed by atoms with Gasteiger partial charge in [0.2, 0.25) is 0 Å². The Balaban J connectivity index is 2.46. The van der Waals surface area contributed by atoms with Crippen molar-refractivity contribution in [1.82, 2.24) is 0 Å². The van der Waals surface area contributed by atoms with Crippen molar-refractivity contribution < 1.29 is 28.2 Å². The highest BCUT2D eigenvalue weighted by molar-refractivity contribution is 6.07. The molecule has 0 fully saturated rings. The van der Waals surface area contributed by atoms with Gasteiger partial charge >= 0.3 is 11.9 Å². The van der Waals surface area contributed by atoms with Gasteiger partial charge in [0.05, 0.1) is 13.2 Å². The van der Waals surface area contributed by atoms with Gasteiger partial charge in [0.15, 0.2) is 11.2 Å². The van der Waals surface area contributed by atoms with Crippen molar-refractivity contribution >= 4 is 17.7 Å². The maximum Gasteiger partial charge on any atom is 0.324 e. The first kappa shape index (κ1) is 21.3. The Kier molecular flexibility index (Phi) is 7.44. The van der Waals surface area contributed by atoms with Crippen LogP contribution >= 0.6 is 0 Å². The van der Waals surface area contributed by atoms with Crippen LogP contribution in [-0.2, 0) is 25.5 Å². The third-order valence-corrected chi connectivity index (χ3v) is 4.31. The minimum Gasteiger partial charge on any atom is -0.465 e. The number of carbonyl (C=O) groups excluding carboxylic acids is 3. The van der Waals surface area contributed by atoms with Gasteiger partial charge in [0.1, 0.15) is 5.82 Å². The summed E-state index contributed by atoms with van der Waals surface area (Å²) in [7, 11) is 0. The second kappa shape index (κ2) is 9.78. The lowest BCUT2D eigenvalue weighted by molar-refractivity contribution is -0.172. The molecule has 28 heavy (non-hydrogen) atoms. The molecule has 0 aromatic heterocycles. The van der Waals surface area contributed by atoms with Crippen LogP contribution in [0, 0.1) is 11.2 Å². The standard InChI is InChI=1S/C22H23FO5/c1-3-27-20(25)22(21(26)28-4-2,14-16-8-6-5-7-9-16)15-19(24)17-10-12-18(23)13-11-17/h5-13H,3-4,14-15H2,1-2H3. The topological polar surface area (TPSA) is 69.7 Å². The van der Waals surface area contributed by atoms with Crippen LogP contribution in [0.15, 0.2) is 54.6 Å². The zero-order valence-electron chi connectivity index (χ0n) is 15.9. The van der Waals surface area contributed by atoms with Gasteiger partial charge in [0, 0.05) is 12.0 Å². The van der Waals surface area contributed by atoms with E-state index in [4.69, 9.17) is 9.47 Å². The van der Waals surface area contributed by atoms with E-state index in [2.05, 4.69) is 0 Å². The molecule has 6 heteroatoms. The smallest absolute Gasteiger partial charge is 0.324 e. The van der Waals surface area contributed by atoms with Crippen molar-refractivity contribution in [3.63, 3.8) is 0 Å². The Morgan fingerprint density at radius 2 is 1.39 bits per heavy atom. The lowest BCUT2D eigenvalue weighted by Gasteiger charge is -2.28. The molecule has 0 aliphatic rings. The third kappa shape index (κ3) is 5.03. The summed E-state index contributed by atoms with van der Waals surface area (Å²) in [4.78, 5) is 38.6. The molecule has 0 heterocycles. The van der Waals surface area contributed by atoms with Crippen LogP contribution < -0.4 is 0 Å². The van der Waals surface area contributed by atoms with Crippen LogP contribution in [0.5, 0.6) is 0 Å². The van der Waals surface area contributed by atoms with Crippen LogP contribution in [-0.4, -0.2) is 30.9 Å². The SMILES string of the molecule is CCOC(=O)C(CC(=O)c1ccc(F)cc1)(Cc1ccccc1)C(=O)OCC. The van der Waals surface area contributed by atoms with Gasteiger partial charge < -0.3 is 9.47 Å². The average molecular weight is 386 g/mol. The van der Waals surface area contributed by atoms with E-state index in [0.29, 0.717) is 5.56 Å². The van der Waals surface area contributed by atoms with E-state index >= 15 is 0 Å². The summed E-state index contributed by atoms with van der Waals surface area (Å²) in [5.41, 5.74) is -0.929. The summed E-state index contributed by atoms with van der Waals surface area (Å²) in [5.74, 6) is -2.58. The Morgan fingerprint density at radius 3 is 1.89 bits per heavy atom. The number of ether oxygens (including phenoxy) is 2. The Bertz CT molecular complexity index is 797. The number of carbonyl (C=O) groups is 3. The van der Waals surface area contributed by atoms with E-state index in [1.807, 2.05) is 6.07 Å². The average Bonchev–Trinajstić information content (AvgIpc) is 2.69. The number of rotatable bonds is 9.